The Kier molecular flexibility index (Phi) is 5.25. The maximum absolute atomic E-state index is 14.8. The lowest BCUT2D eigenvalue weighted by molar-refractivity contribution is -0.137. The molecule has 0 aliphatic carbocycles. The number of nitrogens with one attached hydrogen (secondary N) is 2. The second kappa shape index (κ2) is 8.41. The smallest absolute Gasteiger partial charge is 0.251 e. The number of carbonyl (C=O) groups excluding carboxylic acids is 3. The lowest BCUT2D eigenvalue weighted by Crippen LogP contribution is -2.62. The molecule has 7 nitrogen and oxygen atoms in total. The van der Waals surface area contributed by atoms with Crippen LogP contribution in [0.5, 0.6) is 5.75 Å². The number of para-hydroxylation sites is 2. The van der Waals surface area contributed by atoms with Crippen LogP contribution in [-0.2, 0) is 20.5 Å². The van der Waals surface area contributed by atoms with Crippen LogP contribution in [0.2, 0.25) is 5.02 Å². The maximum Gasteiger partial charge on any atom is 0.251 e. The monoisotopic (exact) mass is 541 g/mol. The van der Waals surface area contributed by atoms with Crippen molar-refractivity contribution in [2.24, 2.45) is 5.92 Å². The minimum atomic E-state index is -1.50. The molecule has 4 atom stereocenters. The molecule has 0 unspecified atom stereocenters. The topological polar surface area (TPSA) is 87.7 Å². The largest absolute Gasteiger partial charge is 0.493 e. The van der Waals surface area contributed by atoms with Gasteiger partial charge in [-0.05, 0) is 68.6 Å². The van der Waals surface area contributed by atoms with E-state index in [2.05, 4.69) is 15.5 Å². The van der Waals surface area contributed by atoms with E-state index in [0.717, 1.165) is 12.0 Å². The molecule has 4 aliphatic rings. The number of benzene rings is 3. The van der Waals surface area contributed by atoms with E-state index in [-0.39, 0.29) is 23.6 Å². The number of ketones is 1. The van der Waals surface area contributed by atoms with Crippen LogP contribution in [-0.4, -0.2) is 41.7 Å². The Morgan fingerprint density at radius 3 is 2.62 bits per heavy atom. The van der Waals surface area contributed by atoms with Gasteiger partial charge in [-0.1, -0.05) is 48.0 Å². The molecule has 7 rings (SSSR count). The highest BCUT2D eigenvalue weighted by molar-refractivity contribution is 6.32. The van der Waals surface area contributed by atoms with Gasteiger partial charge in [-0.25, -0.2) is 0 Å². The fourth-order valence-electron chi connectivity index (χ4n) is 7.89. The first-order valence-corrected chi connectivity index (χ1v) is 13.8. The summed E-state index contributed by atoms with van der Waals surface area (Å²) in [7, 11) is 0. The molecule has 4 aliphatic heterocycles. The van der Waals surface area contributed by atoms with Gasteiger partial charge in [0.15, 0.2) is 5.78 Å². The van der Waals surface area contributed by atoms with Crippen LogP contribution in [0.15, 0.2) is 60.7 Å². The number of ether oxygens (including phenoxy) is 1. The van der Waals surface area contributed by atoms with Crippen molar-refractivity contribution in [3.63, 3.8) is 0 Å². The molecule has 4 heterocycles. The van der Waals surface area contributed by atoms with Gasteiger partial charge in [0.1, 0.15) is 16.7 Å². The van der Waals surface area contributed by atoms with Crippen LogP contribution in [0.3, 0.4) is 0 Å². The van der Waals surface area contributed by atoms with E-state index in [1.807, 2.05) is 56.3 Å². The van der Waals surface area contributed by atoms with E-state index in [9.17, 15) is 14.4 Å². The van der Waals surface area contributed by atoms with E-state index in [1.54, 1.807) is 18.2 Å². The van der Waals surface area contributed by atoms with Gasteiger partial charge in [-0.3, -0.25) is 19.3 Å². The maximum atomic E-state index is 14.8. The number of nitrogens with zero attached hydrogens (tertiary/aromatic N) is 1. The van der Waals surface area contributed by atoms with Crippen molar-refractivity contribution in [2.45, 2.75) is 43.7 Å². The summed E-state index contributed by atoms with van der Waals surface area (Å²) in [6.07, 6.45) is 1.51. The molecular formula is C31H28ClN3O4. The fourth-order valence-corrected chi connectivity index (χ4v) is 8.04. The fraction of sp³-hybridized carbons (Fsp3) is 0.323. The number of hydrogen-bond donors (Lipinski definition) is 2. The van der Waals surface area contributed by atoms with Gasteiger partial charge in [0.05, 0.1) is 23.8 Å². The molecule has 39 heavy (non-hydrogen) atoms. The highest BCUT2D eigenvalue weighted by Crippen LogP contribution is 2.68. The van der Waals surface area contributed by atoms with Gasteiger partial charge in [0.2, 0.25) is 5.91 Å². The Morgan fingerprint density at radius 1 is 1.03 bits per heavy atom. The van der Waals surface area contributed by atoms with Gasteiger partial charge in [-0.15, -0.1) is 0 Å². The summed E-state index contributed by atoms with van der Waals surface area (Å²) < 4.78 is 5.87. The summed E-state index contributed by atoms with van der Waals surface area (Å²) in [5, 5.41) is 6.71. The van der Waals surface area contributed by atoms with Gasteiger partial charge < -0.3 is 15.4 Å². The Labute approximate surface area is 231 Å². The number of carbonyl (C=O) groups is 3. The summed E-state index contributed by atoms with van der Waals surface area (Å²) in [6, 6.07) is 18.0. The van der Waals surface area contributed by atoms with Crippen molar-refractivity contribution in [1.29, 1.82) is 0 Å². The number of fused-ring (bicyclic) bond motifs is 7. The highest BCUT2D eigenvalue weighted by atomic mass is 35.5. The first-order chi connectivity index (χ1) is 18.9. The Morgan fingerprint density at radius 2 is 1.79 bits per heavy atom. The van der Waals surface area contributed by atoms with Crippen LogP contribution in [0.4, 0.5) is 11.4 Å². The zero-order valence-electron chi connectivity index (χ0n) is 21.7. The Hall–Kier alpha value is -3.68. The number of rotatable bonds is 4. The molecule has 3 aromatic rings. The molecule has 2 fully saturated rings. The molecule has 3 aromatic carbocycles. The normalized spacial score (nSPS) is 28.4. The van der Waals surface area contributed by atoms with Crippen LogP contribution in [0.1, 0.15) is 46.8 Å². The summed E-state index contributed by atoms with van der Waals surface area (Å²) in [5.74, 6) is -1.16. The summed E-state index contributed by atoms with van der Waals surface area (Å²) >= 11 is 6.50. The van der Waals surface area contributed by atoms with Gasteiger partial charge >= 0.3 is 0 Å². The zero-order chi connectivity index (χ0) is 27.1. The number of hydrogen-bond acceptors (Lipinski definition) is 5. The van der Waals surface area contributed by atoms with Gasteiger partial charge in [-0.2, -0.15) is 0 Å². The van der Waals surface area contributed by atoms with Crippen molar-refractivity contribution < 1.29 is 19.1 Å². The third kappa shape index (κ3) is 2.79. The zero-order valence-corrected chi connectivity index (χ0v) is 22.5. The van der Waals surface area contributed by atoms with Crippen LogP contribution < -0.4 is 15.4 Å². The average molecular weight is 542 g/mol. The lowest BCUT2D eigenvalue weighted by atomic mass is 9.57. The molecule has 0 radical (unpaired) electrons. The molecule has 2 N–H and O–H groups in total. The van der Waals surface area contributed by atoms with E-state index < -0.39 is 16.9 Å². The summed E-state index contributed by atoms with van der Waals surface area (Å²) in [4.78, 5) is 46.1. The Balaban J connectivity index is 1.58. The lowest BCUT2D eigenvalue weighted by Gasteiger charge is -2.43. The first-order valence-electron chi connectivity index (χ1n) is 13.4. The Bertz CT molecular complexity index is 1590. The number of amides is 2. The first kappa shape index (κ1) is 24.4. The average Bonchev–Trinajstić information content (AvgIpc) is 3.65. The molecule has 0 saturated carbocycles. The number of halogens is 1. The van der Waals surface area contributed by atoms with E-state index in [4.69, 9.17) is 16.3 Å². The predicted molar refractivity (Wildman–Crippen MR) is 148 cm³/mol. The van der Waals surface area contributed by atoms with Crippen LogP contribution in [0.25, 0.3) is 0 Å². The molecular weight excluding hydrogens is 514 g/mol. The van der Waals surface area contributed by atoms with E-state index in [0.29, 0.717) is 58.4 Å². The second-order valence-electron chi connectivity index (χ2n) is 10.7. The summed E-state index contributed by atoms with van der Waals surface area (Å²) in [5.41, 5.74) is 0.873. The molecule has 198 valence electrons. The van der Waals surface area contributed by atoms with Crippen LogP contribution >= 0.6 is 11.6 Å². The highest BCUT2D eigenvalue weighted by Gasteiger charge is 2.81. The number of anilines is 2. The van der Waals surface area contributed by atoms with Crippen molar-refractivity contribution in [1.82, 2.24) is 4.90 Å². The molecule has 0 bridgehead atoms. The standard InChI is InChI=1S/C31H28ClN3O4/c1-3-39-24-13-7-4-9-18(24)27(36)25-23-12-8-16-35(23)31(20-14-15-21(32)17(2)26(20)34-29(31)38)30(25)19-10-5-6-11-22(19)33-28(30)37/h4-7,9-11,13-15,23,25H,3,8,12,16H2,1-2H3,(H,33,37)(H,34,38)/t23-,25-,30+,31+/m0/s1. The quantitative estimate of drug-likeness (QED) is 0.451. The van der Waals surface area contributed by atoms with Crippen molar-refractivity contribution in [2.75, 3.05) is 23.8 Å². The molecule has 2 amide bonds. The predicted octanol–water partition coefficient (Wildman–Crippen LogP) is 5.06. The van der Waals surface area contributed by atoms with Crippen molar-refractivity contribution in [3.8, 4) is 5.75 Å². The molecule has 2 saturated heterocycles. The van der Waals surface area contributed by atoms with E-state index in [1.165, 1.54) is 0 Å². The third-order valence-corrected chi connectivity index (χ3v) is 9.61. The molecule has 8 heteroatoms. The SMILES string of the molecule is CCOc1ccccc1C(=O)[C@@H]1[C@@H]2CCCN2[C@]2(C(=O)Nc3c2ccc(Cl)c3C)[C@@]12C(=O)Nc1ccccc12. The van der Waals surface area contributed by atoms with Crippen molar-refractivity contribution in [3.05, 3.63) is 87.9 Å². The minimum Gasteiger partial charge on any atom is -0.493 e. The second-order valence-corrected chi connectivity index (χ2v) is 11.1. The van der Waals surface area contributed by atoms with Gasteiger partial charge in [0.25, 0.3) is 5.91 Å². The summed E-state index contributed by atoms with van der Waals surface area (Å²) in [6.45, 7) is 4.74. The van der Waals surface area contributed by atoms with Gasteiger partial charge in [0, 0.05) is 22.3 Å². The number of Topliss-reactive ketones (excluding diaryl/α,β-unsaturated/α-hetero) is 1. The third-order valence-electron chi connectivity index (χ3n) is 9.20. The van der Waals surface area contributed by atoms with Crippen molar-refractivity contribution >= 4 is 40.6 Å². The molecule has 0 aromatic heterocycles. The van der Waals surface area contributed by atoms with Crippen LogP contribution in [0, 0.1) is 12.8 Å². The minimum absolute atomic E-state index is 0.188. The molecule has 2 spiro atoms. The van der Waals surface area contributed by atoms with E-state index >= 15 is 0 Å².